The Hall–Kier alpha value is -3.64. The van der Waals surface area contributed by atoms with Crippen molar-refractivity contribution in [1.82, 2.24) is 15.5 Å². The number of carbonyl (C=O) groups excluding carboxylic acids is 2. The molecule has 6 heteroatoms. The van der Waals surface area contributed by atoms with Gasteiger partial charge < -0.3 is 20.6 Å². The number of nitrogens with zero attached hydrogens (tertiary/aromatic N) is 1. The van der Waals surface area contributed by atoms with Crippen molar-refractivity contribution < 1.29 is 14.7 Å². The molecule has 3 aromatic carbocycles. The van der Waals surface area contributed by atoms with E-state index in [9.17, 15) is 14.7 Å². The first-order valence-electron chi connectivity index (χ1n) is 14.3. The molecule has 3 amide bonds. The summed E-state index contributed by atoms with van der Waals surface area (Å²) in [7, 11) is 0. The lowest BCUT2D eigenvalue weighted by atomic mass is 9.86. The number of benzene rings is 3. The number of hydrogen-bond acceptors (Lipinski definition) is 3. The van der Waals surface area contributed by atoms with Gasteiger partial charge in [-0.05, 0) is 98.4 Å². The highest BCUT2D eigenvalue weighted by molar-refractivity contribution is 5.83. The van der Waals surface area contributed by atoms with Crippen molar-refractivity contribution in [2.75, 3.05) is 6.54 Å². The zero-order chi connectivity index (χ0) is 28.7. The Balaban J connectivity index is 1.41. The van der Waals surface area contributed by atoms with E-state index in [-0.39, 0.29) is 29.3 Å². The van der Waals surface area contributed by atoms with Gasteiger partial charge in [-0.2, -0.15) is 0 Å². The van der Waals surface area contributed by atoms with Crippen molar-refractivity contribution in [1.29, 1.82) is 0 Å². The van der Waals surface area contributed by atoms with Gasteiger partial charge in [0.25, 0.3) is 0 Å². The average Bonchev–Trinajstić information content (AvgIpc) is 3.72. The van der Waals surface area contributed by atoms with Crippen LogP contribution < -0.4 is 10.6 Å². The summed E-state index contributed by atoms with van der Waals surface area (Å²) < 4.78 is 0. The smallest absolute Gasteiger partial charge is 0.318 e. The zero-order valence-electron chi connectivity index (χ0n) is 24.3. The molecule has 0 aromatic heterocycles. The summed E-state index contributed by atoms with van der Waals surface area (Å²) in [6.07, 6.45) is 1.60. The van der Waals surface area contributed by atoms with Crippen molar-refractivity contribution in [3.63, 3.8) is 0 Å². The molecule has 210 valence electrons. The predicted octanol–water partition coefficient (Wildman–Crippen LogP) is 5.87. The van der Waals surface area contributed by atoms with Crippen LogP contribution in [0.25, 0.3) is 11.1 Å². The summed E-state index contributed by atoms with van der Waals surface area (Å²) in [4.78, 5) is 28.0. The second-order valence-electron chi connectivity index (χ2n) is 12.8. The van der Waals surface area contributed by atoms with Crippen LogP contribution in [-0.2, 0) is 29.9 Å². The molecule has 0 radical (unpaired) electrons. The van der Waals surface area contributed by atoms with E-state index in [4.69, 9.17) is 0 Å². The van der Waals surface area contributed by atoms with Crippen molar-refractivity contribution >= 4 is 11.9 Å². The number of amides is 3. The molecule has 40 heavy (non-hydrogen) atoms. The molecule has 3 N–H and O–H groups in total. The Morgan fingerprint density at radius 1 is 0.950 bits per heavy atom. The van der Waals surface area contributed by atoms with Gasteiger partial charge in [0.05, 0.1) is 5.60 Å². The third-order valence-corrected chi connectivity index (χ3v) is 7.97. The fraction of sp³-hybridized carbons (Fsp3) is 0.412. The minimum absolute atomic E-state index is 0.0103. The SMILES string of the molecule is CC(C)(C)NC(=O)N1CCc2c(-c3cccc(C(C)(C)O)c3)ccc(CNC(=O)C3CC3c3ccccc3)c2C1. The van der Waals surface area contributed by atoms with Crippen LogP contribution in [0.2, 0.25) is 0 Å². The summed E-state index contributed by atoms with van der Waals surface area (Å²) in [6.45, 7) is 11.1. The van der Waals surface area contributed by atoms with Crippen LogP contribution in [-0.4, -0.2) is 34.0 Å². The molecule has 2 unspecified atom stereocenters. The van der Waals surface area contributed by atoms with Crippen LogP contribution in [0.1, 0.15) is 74.8 Å². The molecule has 5 rings (SSSR count). The molecule has 0 spiro atoms. The maximum Gasteiger partial charge on any atom is 0.318 e. The molecule has 0 saturated heterocycles. The molecule has 1 saturated carbocycles. The Morgan fingerprint density at radius 2 is 1.70 bits per heavy atom. The fourth-order valence-electron chi connectivity index (χ4n) is 5.68. The molecule has 0 bridgehead atoms. The molecule has 1 aliphatic carbocycles. The van der Waals surface area contributed by atoms with Crippen LogP contribution in [0.4, 0.5) is 4.79 Å². The summed E-state index contributed by atoms with van der Waals surface area (Å²) >= 11 is 0. The molecule has 1 aliphatic heterocycles. The van der Waals surface area contributed by atoms with Crippen LogP contribution in [0.15, 0.2) is 66.7 Å². The number of rotatable bonds is 6. The van der Waals surface area contributed by atoms with Crippen molar-refractivity contribution in [2.45, 2.75) is 77.6 Å². The summed E-state index contributed by atoms with van der Waals surface area (Å²) in [5.74, 6) is 0.385. The Bertz CT molecular complexity index is 1400. The number of carbonyl (C=O) groups is 2. The van der Waals surface area contributed by atoms with Gasteiger partial charge in [-0.15, -0.1) is 0 Å². The minimum atomic E-state index is -0.942. The summed E-state index contributed by atoms with van der Waals surface area (Å²) in [5.41, 5.74) is 6.30. The molecular weight excluding hydrogens is 498 g/mol. The Kier molecular flexibility index (Phi) is 7.49. The van der Waals surface area contributed by atoms with E-state index in [0.29, 0.717) is 19.6 Å². The van der Waals surface area contributed by atoms with E-state index in [1.54, 1.807) is 13.8 Å². The summed E-state index contributed by atoms with van der Waals surface area (Å²) in [5, 5.41) is 16.9. The summed E-state index contributed by atoms with van der Waals surface area (Å²) in [6, 6.07) is 22.4. The molecule has 1 fully saturated rings. The highest BCUT2D eigenvalue weighted by atomic mass is 16.3. The monoisotopic (exact) mass is 539 g/mol. The van der Waals surface area contributed by atoms with Crippen molar-refractivity contribution in [3.8, 4) is 11.1 Å². The predicted molar refractivity (Wildman–Crippen MR) is 159 cm³/mol. The zero-order valence-corrected chi connectivity index (χ0v) is 24.3. The van der Waals surface area contributed by atoms with Gasteiger partial charge in [-0.25, -0.2) is 4.79 Å². The van der Waals surface area contributed by atoms with E-state index in [0.717, 1.165) is 40.7 Å². The molecule has 1 heterocycles. The third-order valence-electron chi connectivity index (χ3n) is 7.97. The first-order valence-corrected chi connectivity index (χ1v) is 14.3. The topological polar surface area (TPSA) is 81.7 Å². The first-order chi connectivity index (χ1) is 18.9. The van der Waals surface area contributed by atoms with E-state index >= 15 is 0 Å². The minimum Gasteiger partial charge on any atom is -0.386 e. The molecule has 3 aromatic rings. The van der Waals surface area contributed by atoms with Gasteiger partial charge >= 0.3 is 6.03 Å². The van der Waals surface area contributed by atoms with Gasteiger partial charge in [0.1, 0.15) is 0 Å². The maximum absolute atomic E-state index is 13.1. The Morgan fingerprint density at radius 3 is 2.40 bits per heavy atom. The fourth-order valence-corrected chi connectivity index (χ4v) is 5.68. The highest BCUT2D eigenvalue weighted by Crippen LogP contribution is 2.47. The van der Waals surface area contributed by atoms with Gasteiger partial charge in [0.15, 0.2) is 0 Å². The lowest BCUT2D eigenvalue weighted by Gasteiger charge is -2.34. The quantitative estimate of drug-likeness (QED) is 0.367. The van der Waals surface area contributed by atoms with Crippen molar-refractivity contribution in [2.24, 2.45) is 5.92 Å². The number of nitrogens with one attached hydrogen (secondary N) is 2. The van der Waals surface area contributed by atoms with Gasteiger partial charge in [-0.1, -0.05) is 60.7 Å². The van der Waals surface area contributed by atoms with E-state index < -0.39 is 5.60 Å². The first kappa shape index (κ1) is 27.9. The maximum atomic E-state index is 13.1. The van der Waals surface area contributed by atoms with Gasteiger partial charge in [0, 0.05) is 31.1 Å². The Labute approximate surface area is 237 Å². The van der Waals surface area contributed by atoms with Gasteiger partial charge in [0.2, 0.25) is 5.91 Å². The van der Waals surface area contributed by atoms with Crippen LogP contribution >= 0.6 is 0 Å². The second kappa shape index (κ2) is 10.7. The molecule has 6 nitrogen and oxygen atoms in total. The molecular formula is C34H41N3O3. The van der Waals surface area contributed by atoms with Crippen LogP contribution in [0, 0.1) is 5.92 Å². The molecule has 2 aliphatic rings. The number of aliphatic hydroxyl groups is 1. The largest absolute Gasteiger partial charge is 0.386 e. The van der Waals surface area contributed by atoms with Gasteiger partial charge in [-0.3, -0.25) is 4.79 Å². The lowest BCUT2D eigenvalue weighted by Crippen LogP contribution is -2.50. The third kappa shape index (κ3) is 6.23. The highest BCUT2D eigenvalue weighted by Gasteiger charge is 2.43. The molecule has 2 atom stereocenters. The normalized spacial score (nSPS) is 18.6. The lowest BCUT2D eigenvalue weighted by molar-refractivity contribution is -0.122. The second-order valence-corrected chi connectivity index (χ2v) is 12.8. The van der Waals surface area contributed by atoms with E-state index in [1.165, 1.54) is 11.1 Å². The number of fused-ring (bicyclic) bond motifs is 1. The standard InChI is InChI=1S/C34H41N3O3/c1-33(2,3)36-32(39)37-17-16-27-26(23-12-9-13-25(18-23)34(4,5)40)15-14-24(30(27)21-37)20-35-31(38)29-19-28(29)22-10-7-6-8-11-22/h6-15,18,28-29,40H,16-17,19-21H2,1-5H3,(H,35,38)(H,36,39). The van der Waals surface area contributed by atoms with Crippen molar-refractivity contribution in [3.05, 3.63) is 94.5 Å². The average molecular weight is 540 g/mol. The number of hydrogen-bond donors (Lipinski definition) is 3. The van der Waals surface area contributed by atoms with E-state index in [1.807, 2.05) is 62.1 Å². The van der Waals surface area contributed by atoms with E-state index in [2.05, 4.69) is 41.0 Å². The van der Waals surface area contributed by atoms with Crippen LogP contribution in [0.5, 0.6) is 0 Å². The van der Waals surface area contributed by atoms with Crippen LogP contribution in [0.3, 0.4) is 0 Å². The number of urea groups is 1.